The smallest absolute Gasteiger partial charge is 0.440 e. The molecule has 0 aliphatic carbocycles. The zero-order chi connectivity index (χ0) is 27.1. The standard InChI is InChI=1S/C29H29BN4O5/c1-17-13-22(28-23(14-17)27(35)18(2)29(38-28)34-9-11-37-12-10-34)19(3)33-25-5-4-8-31-26(25)20-6-7-24-21(15-20)16-32-39-30(24)36/h4-8,13-16,19,33,36H,9-12H2,1-3H3. The first-order chi connectivity index (χ1) is 18.9. The van der Waals surface area contributed by atoms with E-state index in [1.807, 2.05) is 57.2 Å². The number of oxime groups is 1. The van der Waals surface area contributed by atoms with Crippen LogP contribution in [0.1, 0.15) is 35.2 Å². The van der Waals surface area contributed by atoms with Crippen molar-refractivity contribution in [1.82, 2.24) is 4.98 Å². The summed E-state index contributed by atoms with van der Waals surface area (Å²) in [4.78, 5) is 20.2. The Morgan fingerprint density at radius 3 is 2.77 bits per heavy atom. The van der Waals surface area contributed by atoms with Gasteiger partial charge in [0.25, 0.3) is 0 Å². The molecule has 1 unspecified atom stereocenters. The summed E-state index contributed by atoms with van der Waals surface area (Å²) >= 11 is 0. The van der Waals surface area contributed by atoms with Gasteiger partial charge in [0, 0.05) is 35.9 Å². The van der Waals surface area contributed by atoms with Gasteiger partial charge in [0.05, 0.1) is 47.8 Å². The first-order valence-corrected chi connectivity index (χ1v) is 13.0. The molecule has 2 aliphatic rings. The number of hydrogen-bond donors (Lipinski definition) is 2. The van der Waals surface area contributed by atoms with Crippen LogP contribution in [0, 0.1) is 13.8 Å². The molecule has 1 fully saturated rings. The lowest BCUT2D eigenvalue weighted by Crippen LogP contribution is -2.37. The molecule has 39 heavy (non-hydrogen) atoms. The van der Waals surface area contributed by atoms with E-state index < -0.39 is 7.12 Å². The van der Waals surface area contributed by atoms with Gasteiger partial charge in [0.2, 0.25) is 5.88 Å². The Bertz CT molecular complexity index is 1650. The lowest BCUT2D eigenvalue weighted by Gasteiger charge is -2.29. The van der Waals surface area contributed by atoms with Gasteiger partial charge in [0.1, 0.15) is 5.58 Å². The summed E-state index contributed by atoms with van der Waals surface area (Å²) in [7, 11) is -1.09. The average molecular weight is 524 g/mol. The molecule has 9 nitrogen and oxygen atoms in total. The molecule has 1 atom stereocenters. The number of pyridine rings is 1. The normalized spacial score (nSPS) is 15.7. The van der Waals surface area contributed by atoms with Crippen LogP contribution in [0.3, 0.4) is 0 Å². The van der Waals surface area contributed by atoms with E-state index in [9.17, 15) is 9.82 Å². The maximum absolute atomic E-state index is 13.5. The summed E-state index contributed by atoms with van der Waals surface area (Å²) in [6.45, 7) is 8.43. The van der Waals surface area contributed by atoms with Crippen LogP contribution in [0.2, 0.25) is 0 Å². The summed E-state index contributed by atoms with van der Waals surface area (Å²) in [5.74, 6) is 0.608. The first-order valence-electron chi connectivity index (χ1n) is 13.0. The van der Waals surface area contributed by atoms with Gasteiger partial charge in [-0.2, -0.15) is 0 Å². The van der Waals surface area contributed by atoms with E-state index in [4.69, 9.17) is 13.9 Å². The topological polar surface area (TPSA) is 109 Å². The predicted molar refractivity (Wildman–Crippen MR) is 153 cm³/mol. The summed E-state index contributed by atoms with van der Waals surface area (Å²) in [6, 6.07) is 13.3. The highest BCUT2D eigenvalue weighted by Gasteiger charge is 2.26. The number of benzene rings is 2. The largest absolute Gasteiger partial charge is 0.583 e. The van der Waals surface area contributed by atoms with Crippen molar-refractivity contribution in [1.29, 1.82) is 0 Å². The number of rotatable bonds is 5. The second kappa shape index (κ2) is 10.2. The van der Waals surface area contributed by atoms with E-state index in [1.165, 1.54) is 0 Å². The molecule has 2 aromatic carbocycles. The highest BCUT2D eigenvalue weighted by Crippen LogP contribution is 2.34. The van der Waals surface area contributed by atoms with Crippen molar-refractivity contribution in [2.75, 3.05) is 36.5 Å². The van der Waals surface area contributed by atoms with Crippen molar-refractivity contribution < 1.29 is 18.9 Å². The van der Waals surface area contributed by atoms with Crippen molar-refractivity contribution in [3.05, 3.63) is 81.1 Å². The van der Waals surface area contributed by atoms with Crippen LogP contribution in [0.5, 0.6) is 0 Å². The highest BCUT2D eigenvalue weighted by molar-refractivity contribution is 6.62. The number of aromatic nitrogens is 1. The summed E-state index contributed by atoms with van der Waals surface area (Å²) in [6.07, 6.45) is 3.33. The highest BCUT2D eigenvalue weighted by atomic mass is 16.6. The minimum atomic E-state index is -1.09. The van der Waals surface area contributed by atoms with Gasteiger partial charge in [-0.1, -0.05) is 18.2 Å². The van der Waals surface area contributed by atoms with Gasteiger partial charge < -0.3 is 29.1 Å². The van der Waals surface area contributed by atoms with Crippen LogP contribution in [-0.4, -0.2) is 49.6 Å². The van der Waals surface area contributed by atoms with E-state index in [0.717, 1.165) is 33.6 Å². The number of aryl methyl sites for hydroxylation is 1. The van der Waals surface area contributed by atoms with Crippen molar-refractivity contribution in [2.24, 2.45) is 5.16 Å². The van der Waals surface area contributed by atoms with Crippen LogP contribution in [0.4, 0.5) is 11.6 Å². The molecule has 4 heterocycles. The number of hydrogen-bond acceptors (Lipinski definition) is 9. The van der Waals surface area contributed by atoms with Crippen molar-refractivity contribution in [2.45, 2.75) is 26.8 Å². The van der Waals surface area contributed by atoms with Gasteiger partial charge >= 0.3 is 7.12 Å². The quantitative estimate of drug-likeness (QED) is 0.382. The van der Waals surface area contributed by atoms with Crippen LogP contribution < -0.4 is 21.1 Å². The van der Waals surface area contributed by atoms with E-state index >= 15 is 0 Å². The minimum absolute atomic E-state index is 0.0150. The third-order valence-electron chi connectivity index (χ3n) is 7.29. The van der Waals surface area contributed by atoms with Gasteiger partial charge in [-0.15, -0.1) is 5.16 Å². The second-order valence-corrected chi connectivity index (χ2v) is 9.99. The molecule has 0 spiro atoms. The maximum Gasteiger partial charge on any atom is 0.583 e. The molecule has 2 N–H and O–H groups in total. The molecule has 0 saturated carbocycles. The molecule has 1 saturated heterocycles. The van der Waals surface area contributed by atoms with Gasteiger partial charge in [0.15, 0.2) is 5.43 Å². The van der Waals surface area contributed by atoms with Gasteiger partial charge in [-0.25, -0.2) is 0 Å². The number of fused-ring (bicyclic) bond motifs is 2. The molecule has 2 aliphatic heterocycles. The molecule has 2 aromatic heterocycles. The van der Waals surface area contributed by atoms with E-state index in [0.29, 0.717) is 54.2 Å². The second-order valence-electron chi connectivity index (χ2n) is 9.99. The molecular weight excluding hydrogens is 495 g/mol. The molecular formula is C29H29BN4O5. The van der Waals surface area contributed by atoms with Crippen LogP contribution in [-0.2, 0) is 9.49 Å². The van der Waals surface area contributed by atoms with Gasteiger partial charge in [-0.3, -0.25) is 9.78 Å². The Hall–Kier alpha value is -4.15. The third-order valence-corrected chi connectivity index (χ3v) is 7.29. The lowest BCUT2D eigenvalue weighted by atomic mass is 9.75. The van der Waals surface area contributed by atoms with Crippen molar-refractivity contribution >= 4 is 41.3 Å². The Balaban J connectivity index is 1.40. The third kappa shape index (κ3) is 4.66. The van der Waals surface area contributed by atoms with E-state index in [1.54, 1.807) is 12.4 Å². The molecule has 198 valence electrons. The van der Waals surface area contributed by atoms with Crippen LogP contribution in [0.15, 0.2) is 63.0 Å². The lowest BCUT2D eigenvalue weighted by molar-refractivity contribution is 0.120. The van der Waals surface area contributed by atoms with E-state index in [-0.39, 0.29) is 11.5 Å². The van der Waals surface area contributed by atoms with Crippen molar-refractivity contribution in [3.8, 4) is 11.3 Å². The molecule has 0 bridgehead atoms. The van der Waals surface area contributed by atoms with Crippen molar-refractivity contribution in [3.63, 3.8) is 0 Å². The average Bonchev–Trinajstić information content (AvgIpc) is 2.95. The zero-order valence-corrected chi connectivity index (χ0v) is 22.1. The predicted octanol–water partition coefficient (Wildman–Crippen LogP) is 3.53. The minimum Gasteiger partial charge on any atom is -0.440 e. The molecule has 4 aromatic rings. The number of nitrogens with one attached hydrogen (secondary N) is 1. The first kappa shape index (κ1) is 25.2. The Kier molecular flexibility index (Phi) is 6.58. The van der Waals surface area contributed by atoms with Gasteiger partial charge in [-0.05, 0) is 56.2 Å². The summed E-state index contributed by atoms with van der Waals surface area (Å²) in [5, 5.41) is 18.0. The number of nitrogens with zero attached hydrogens (tertiary/aromatic N) is 3. The van der Waals surface area contributed by atoms with Crippen LogP contribution >= 0.6 is 0 Å². The fourth-order valence-electron chi connectivity index (χ4n) is 5.27. The summed E-state index contributed by atoms with van der Waals surface area (Å²) < 4.78 is 17.0. The monoisotopic (exact) mass is 524 g/mol. The SMILES string of the molecule is Cc1cc(C(C)Nc2cccnc2-c2ccc3c(c2)C=NOB3O)c2oc(N3CCOCC3)c(C)c(=O)c2c1. The Morgan fingerprint density at radius 1 is 1.13 bits per heavy atom. The molecule has 10 heteroatoms. The number of morpholine rings is 1. The fraction of sp³-hybridized carbons (Fsp3) is 0.276. The number of ether oxygens (including phenoxy) is 1. The Morgan fingerprint density at radius 2 is 1.95 bits per heavy atom. The molecule has 0 radical (unpaired) electrons. The zero-order valence-electron chi connectivity index (χ0n) is 22.1. The maximum atomic E-state index is 13.5. The summed E-state index contributed by atoms with van der Waals surface area (Å²) in [5.41, 5.74) is 6.94. The van der Waals surface area contributed by atoms with Crippen LogP contribution in [0.25, 0.3) is 22.2 Å². The van der Waals surface area contributed by atoms with E-state index in [2.05, 4.69) is 26.4 Å². The molecule has 0 amide bonds. The molecule has 6 rings (SSSR count). The fourth-order valence-corrected chi connectivity index (χ4v) is 5.27. The number of anilines is 2. The Labute approximate surface area is 226 Å².